The molecule has 218 valence electrons. The van der Waals surface area contributed by atoms with Gasteiger partial charge in [0.2, 0.25) is 11.8 Å². The Hall–Kier alpha value is -4.53. The Kier molecular flexibility index (Phi) is 7.26. The summed E-state index contributed by atoms with van der Waals surface area (Å²) in [5.74, 6) is -1.28. The van der Waals surface area contributed by atoms with Crippen molar-refractivity contribution in [3.8, 4) is 0 Å². The van der Waals surface area contributed by atoms with E-state index >= 15 is 0 Å². The van der Waals surface area contributed by atoms with Gasteiger partial charge in [-0.25, -0.2) is 9.78 Å². The van der Waals surface area contributed by atoms with Gasteiger partial charge in [-0.05, 0) is 36.4 Å². The van der Waals surface area contributed by atoms with E-state index in [1.807, 2.05) is 18.2 Å². The number of carbonyl (C=O) groups is 3. The van der Waals surface area contributed by atoms with Gasteiger partial charge in [0.05, 0.1) is 41.9 Å². The first kappa shape index (κ1) is 27.6. The summed E-state index contributed by atoms with van der Waals surface area (Å²) in [6, 6.07) is 10.1. The van der Waals surface area contributed by atoms with Gasteiger partial charge in [0.15, 0.2) is 10.7 Å². The Bertz CT molecular complexity index is 1760. The first-order chi connectivity index (χ1) is 20.3. The van der Waals surface area contributed by atoms with Crippen molar-refractivity contribution in [1.82, 2.24) is 35.1 Å². The number of anilines is 1. The quantitative estimate of drug-likeness (QED) is 0.240. The Labute approximate surface area is 244 Å². The number of hydrazine groups is 1. The number of aromatic nitrogens is 2. The number of amides is 3. The second-order valence-electron chi connectivity index (χ2n) is 10.3. The first-order valence-corrected chi connectivity index (χ1v) is 14.3. The van der Waals surface area contributed by atoms with Crippen LogP contribution in [0.1, 0.15) is 11.1 Å². The van der Waals surface area contributed by atoms with Crippen molar-refractivity contribution in [2.24, 2.45) is 0 Å². The fraction of sp³-hybridized carbons (Fsp3) is 0.321. The third-order valence-corrected chi connectivity index (χ3v) is 8.44. The Morgan fingerprint density at radius 2 is 2.14 bits per heavy atom. The average molecular weight is 591 g/mol. The molecule has 0 bridgehead atoms. The number of thiazole rings is 1. The molecule has 2 saturated heterocycles. The van der Waals surface area contributed by atoms with Crippen LogP contribution in [0.3, 0.4) is 0 Å². The van der Waals surface area contributed by atoms with E-state index in [9.17, 15) is 19.2 Å². The normalized spacial score (nSPS) is 19.2. The van der Waals surface area contributed by atoms with Crippen LogP contribution in [0.25, 0.3) is 21.3 Å². The van der Waals surface area contributed by atoms with Crippen LogP contribution in [0, 0.1) is 0 Å². The molecule has 3 amide bonds. The molecule has 2 aromatic heterocycles. The van der Waals surface area contributed by atoms with Crippen LogP contribution in [0.5, 0.6) is 0 Å². The largest absolute Gasteiger partial charge is 0.417 e. The molecule has 13 nitrogen and oxygen atoms in total. The number of hydrogen-bond acceptors (Lipinski definition) is 10. The molecule has 4 heterocycles. The highest BCUT2D eigenvalue weighted by Crippen LogP contribution is 2.32. The molecule has 0 aliphatic carbocycles. The lowest BCUT2D eigenvalue weighted by Crippen LogP contribution is -2.65. The smallest absolute Gasteiger partial charge is 0.408 e. The Balaban J connectivity index is 1.38. The number of H-pyrrole nitrogens is 1. The van der Waals surface area contributed by atoms with E-state index in [4.69, 9.17) is 10.2 Å². The van der Waals surface area contributed by atoms with Crippen molar-refractivity contribution in [2.75, 3.05) is 39.0 Å². The standard InChI is InChI=1S/C28H30N8O5S/c1-3-9-34(23(37)12-30-2)35-15-24(38)36-19(10-16-7-8-18-20(11-16)41-28(40)31-18)26(39)33(14-22(35)36)13-17-5-4-6-21-25(17)32-27(29)42-21/h3-8,11,19,22,30H,1,9-10,12-15H2,2H3,(H2,29,32)(H,31,40)/t19?,22-/m1/s1. The third-order valence-electron chi connectivity index (χ3n) is 7.59. The summed E-state index contributed by atoms with van der Waals surface area (Å²) in [6.45, 7) is 4.45. The number of nitrogen functional groups attached to an aromatic ring is 1. The predicted molar refractivity (Wildman–Crippen MR) is 157 cm³/mol. The minimum absolute atomic E-state index is 0.0600. The Morgan fingerprint density at radius 3 is 2.93 bits per heavy atom. The van der Waals surface area contributed by atoms with Gasteiger partial charge in [0.25, 0.3) is 5.91 Å². The second kappa shape index (κ2) is 11.0. The van der Waals surface area contributed by atoms with Gasteiger partial charge in [-0.1, -0.05) is 35.6 Å². The van der Waals surface area contributed by atoms with E-state index in [1.54, 1.807) is 46.1 Å². The molecular weight excluding hydrogens is 560 g/mol. The van der Waals surface area contributed by atoms with Crippen LogP contribution >= 0.6 is 11.3 Å². The number of likely N-dealkylation sites (N-methyl/N-ethyl adjacent to an activating group) is 1. The van der Waals surface area contributed by atoms with Crippen molar-refractivity contribution in [3.63, 3.8) is 0 Å². The lowest BCUT2D eigenvalue weighted by molar-refractivity contribution is -0.165. The van der Waals surface area contributed by atoms with Gasteiger partial charge in [-0.15, -0.1) is 6.58 Å². The van der Waals surface area contributed by atoms with Crippen LogP contribution < -0.4 is 16.8 Å². The van der Waals surface area contributed by atoms with Gasteiger partial charge < -0.3 is 25.3 Å². The number of rotatable bonds is 9. The molecule has 6 rings (SSSR count). The van der Waals surface area contributed by atoms with Crippen LogP contribution in [0.15, 0.2) is 58.3 Å². The summed E-state index contributed by atoms with van der Waals surface area (Å²) in [7, 11) is 1.68. The summed E-state index contributed by atoms with van der Waals surface area (Å²) in [4.78, 5) is 62.9. The van der Waals surface area contributed by atoms with Gasteiger partial charge >= 0.3 is 5.76 Å². The molecule has 0 saturated carbocycles. The van der Waals surface area contributed by atoms with E-state index < -0.39 is 18.0 Å². The highest BCUT2D eigenvalue weighted by atomic mass is 32.1. The molecule has 0 spiro atoms. The summed E-state index contributed by atoms with van der Waals surface area (Å²) < 4.78 is 6.15. The van der Waals surface area contributed by atoms with Crippen LogP contribution in [0.2, 0.25) is 0 Å². The molecular formula is C28H30N8O5S. The summed E-state index contributed by atoms with van der Waals surface area (Å²) >= 11 is 1.38. The molecule has 2 aliphatic heterocycles. The zero-order valence-corrected chi connectivity index (χ0v) is 23.7. The number of nitrogens with two attached hydrogens (primary N) is 1. The maximum Gasteiger partial charge on any atom is 0.417 e. The number of benzene rings is 2. The topological polar surface area (TPSA) is 161 Å². The molecule has 42 heavy (non-hydrogen) atoms. The molecule has 2 aromatic carbocycles. The molecule has 2 fully saturated rings. The van der Waals surface area contributed by atoms with Gasteiger partial charge in [0.1, 0.15) is 12.2 Å². The average Bonchev–Trinajstić information content (AvgIpc) is 3.62. The molecule has 14 heteroatoms. The van der Waals surface area contributed by atoms with Crippen LogP contribution in [-0.2, 0) is 27.3 Å². The van der Waals surface area contributed by atoms with Gasteiger partial charge in [-0.3, -0.25) is 24.4 Å². The lowest BCUT2D eigenvalue weighted by Gasteiger charge is -2.46. The predicted octanol–water partition coefficient (Wildman–Crippen LogP) is 0.886. The molecule has 2 atom stereocenters. The van der Waals surface area contributed by atoms with Crippen molar-refractivity contribution in [3.05, 3.63) is 70.7 Å². The molecule has 1 unspecified atom stereocenters. The zero-order chi connectivity index (χ0) is 29.5. The maximum absolute atomic E-state index is 14.2. The molecule has 4 N–H and O–H groups in total. The molecule has 2 aliphatic rings. The first-order valence-electron chi connectivity index (χ1n) is 13.5. The number of oxazole rings is 1. The minimum Gasteiger partial charge on any atom is -0.408 e. The summed E-state index contributed by atoms with van der Waals surface area (Å²) in [5, 5.41) is 6.55. The van der Waals surface area contributed by atoms with E-state index in [0.717, 1.165) is 21.3 Å². The number of para-hydroxylation sites is 1. The summed E-state index contributed by atoms with van der Waals surface area (Å²) in [5.41, 5.74) is 9.18. The number of nitrogens with zero attached hydrogens (tertiary/aromatic N) is 5. The highest BCUT2D eigenvalue weighted by molar-refractivity contribution is 7.22. The number of fused-ring (bicyclic) bond motifs is 3. The Morgan fingerprint density at radius 1 is 1.31 bits per heavy atom. The van der Waals surface area contributed by atoms with E-state index in [2.05, 4.69) is 21.9 Å². The lowest BCUT2D eigenvalue weighted by atomic mass is 9.99. The number of piperazine rings is 1. The fourth-order valence-corrected chi connectivity index (χ4v) is 6.58. The summed E-state index contributed by atoms with van der Waals surface area (Å²) in [6.07, 6.45) is 1.21. The third kappa shape index (κ3) is 4.93. The van der Waals surface area contributed by atoms with Crippen molar-refractivity contribution >= 4 is 55.5 Å². The van der Waals surface area contributed by atoms with Gasteiger partial charge in [0, 0.05) is 13.0 Å². The fourth-order valence-electron chi connectivity index (χ4n) is 5.80. The van der Waals surface area contributed by atoms with Crippen molar-refractivity contribution in [1.29, 1.82) is 0 Å². The highest BCUT2D eigenvalue weighted by Gasteiger charge is 2.52. The van der Waals surface area contributed by atoms with Gasteiger partial charge in [-0.2, -0.15) is 5.01 Å². The van der Waals surface area contributed by atoms with Crippen molar-refractivity contribution in [2.45, 2.75) is 25.2 Å². The minimum atomic E-state index is -0.853. The van der Waals surface area contributed by atoms with E-state index in [-0.39, 0.29) is 56.9 Å². The van der Waals surface area contributed by atoms with E-state index in [0.29, 0.717) is 16.2 Å². The zero-order valence-electron chi connectivity index (χ0n) is 22.9. The number of aromatic amines is 1. The number of nitrogens with one attached hydrogen (secondary N) is 2. The molecule has 4 aromatic rings. The monoisotopic (exact) mass is 590 g/mol. The SMILES string of the molecule is C=CCN(C(=O)CNC)N1CC(=O)N2C(Cc3ccc4[nH]c(=O)oc4c3)C(=O)N(Cc3cccc4sc(N)nc34)C[C@@H]21. The molecule has 0 radical (unpaired) electrons. The number of hydrogen-bond donors (Lipinski definition) is 3. The second-order valence-corrected chi connectivity index (χ2v) is 11.3. The maximum atomic E-state index is 14.2. The van der Waals surface area contributed by atoms with Crippen molar-refractivity contribution < 1.29 is 18.8 Å². The van der Waals surface area contributed by atoms with E-state index in [1.165, 1.54) is 16.3 Å². The number of carbonyl (C=O) groups excluding carboxylic acids is 3. The van der Waals surface area contributed by atoms with Crippen LogP contribution in [0.4, 0.5) is 5.13 Å². The van der Waals surface area contributed by atoms with Crippen LogP contribution in [-0.4, -0.2) is 92.9 Å².